The van der Waals surface area contributed by atoms with Crippen LogP contribution in [0, 0.1) is 0 Å². The number of rotatable bonds is 7. The SMILES string of the molecule is COc1cccc(NC(=O)COC(=O)CCN2C(=O)NC3(CCCC3)C2=O)c1. The lowest BCUT2D eigenvalue weighted by Gasteiger charge is -2.19. The van der Waals surface area contributed by atoms with Gasteiger partial charge in [0.2, 0.25) is 0 Å². The first-order chi connectivity index (χ1) is 13.4. The fourth-order valence-electron chi connectivity index (χ4n) is 3.52. The summed E-state index contributed by atoms with van der Waals surface area (Å²) in [4.78, 5) is 49.4. The van der Waals surface area contributed by atoms with Gasteiger partial charge >= 0.3 is 12.0 Å². The molecule has 0 bridgehead atoms. The molecule has 0 unspecified atom stereocenters. The number of methoxy groups -OCH3 is 1. The van der Waals surface area contributed by atoms with Crippen molar-refractivity contribution in [1.82, 2.24) is 10.2 Å². The molecule has 1 aromatic rings. The first kappa shape index (κ1) is 19.7. The topological polar surface area (TPSA) is 114 Å². The number of ether oxygens (including phenoxy) is 2. The number of urea groups is 1. The summed E-state index contributed by atoms with van der Waals surface area (Å²) in [6, 6.07) is 6.29. The van der Waals surface area contributed by atoms with Crippen LogP contribution in [0.5, 0.6) is 5.75 Å². The van der Waals surface area contributed by atoms with Crippen LogP contribution in [0.4, 0.5) is 10.5 Å². The molecule has 1 aromatic carbocycles. The third-order valence-corrected chi connectivity index (χ3v) is 4.96. The molecule has 0 aromatic heterocycles. The van der Waals surface area contributed by atoms with Crippen LogP contribution >= 0.6 is 0 Å². The summed E-state index contributed by atoms with van der Waals surface area (Å²) in [5, 5.41) is 5.34. The van der Waals surface area contributed by atoms with Crippen molar-refractivity contribution in [2.75, 3.05) is 25.6 Å². The predicted octanol–water partition coefficient (Wildman–Crippen LogP) is 1.43. The highest BCUT2D eigenvalue weighted by Gasteiger charge is 2.52. The van der Waals surface area contributed by atoms with Gasteiger partial charge in [0.25, 0.3) is 11.8 Å². The Bertz CT molecular complexity index is 788. The molecular weight excluding hydrogens is 366 g/mol. The van der Waals surface area contributed by atoms with Crippen molar-refractivity contribution in [2.45, 2.75) is 37.6 Å². The molecule has 3 rings (SSSR count). The van der Waals surface area contributed by atoms with Gasteiger partial charge in [-0.05, 0) is 25.0 Å². The van der Waals surface area contributed by atoms with Crippen LogP contribution in [0.15, 0.2) is 24.3 Å². The Kier molecular flexibility index (Phi) is 5.81. The van der Waals surface area contributed by atoms with Crippen LogP contribution in [0.3, 0.4) is 0 Å². The number of hydrogen-bond acceptors (Lipinski definition) is 6. The van der Waals surface area contributed by atoms with E-state index in [2.05, 4.69) is 10.6 Å². The van der Waals surface area contributed by atoms with Gasteiger partial charge in [-0.1, -0.05) is 18.9 Å². The number of carbonyl (C=O) groups is 4. The van der Waals surface area contributed by atoms with E-state index in [0.29, 0.717) is 24.3 Å². The van der Waals surface area contributed by atoms with Gasteiger partial charge in [0, 0.05) is 18.3 Å². The highest BCUT2D eigenvalue weighted by molar-refractivity contribution is 6.07. The van der Waals surface area contributed by atoms with Gasteiger partial charge in [-0.3, -0.25) is 19.3 Å². The first-order valence-electron chi connectivity index (χ1n) is 9.17. The van der Waals surface area contributed by atoms with Crippen molar-refractivity contribution in [3.05, 3.63) is 24.3 Å². The van der Waals surface area contributed by atoms with E-state index >= 15 is 0 Å². The van der Waals surface area contributed by atoms with Crippen molar-refractivity contribution in [3.8, 4) is 5.75 Å². The number of nitrogens with zero attached hydrogens (tertiary/aromatic N) is 1. The Morgan fingerprint density at radius 2 is 2.00 bits per heavy atom. The normalized spacial score (nSPS) is 17.5. The van der Waals surface area contributed by atoms with E-state index in [1.165, 1.54) is 7.11 Å². The van der Waals surface area contributed by atoms with E-state index in [1.54, 1.807) is 24.3 Å². The summed E-state index contributed by atoms with van der Waals surface area (Å²) in [6.45, 7) is -0.525. The molecule has 0 radical (unpaired) electrons. The molecule has 2 fully saturated rings. The molecule has 2 N–H and O–H groups in total. The standard InChI is InChI=1S/C19H23N3O6/c1-27-14-6-4-5-13(11-14)20-15(23)12-28-16(24)7-10-22-17(25)19(21-18(22)26)8-2-3-9-19/h4-6,11H,2-3,7-10,12H2,1H3,(H,20,23)(H,21,26). The first-order valence-corrected chi connectivity index (χ1v) is 9.17. The lowest BCUT2D eigenvalue weighted by Crippen LogP contribution is -2.44. The maximum absolute atomic E-state index is 12.5. The van der Waals surface area contributed by atoms with E-state index < -0.39 is 30.1 Å². The molecule has 1 aliphatic heterocycles. The zero-order valence-electron chi connectivity index (χ0n) is 15.7. The Balaban J connectivity index is 1.42. The molecule has 150 valence electrons. The molecule has 1 saturated carbocycles. The van der Waals surface area contributed by atoms with Crippen molar-refractivity contribution < 1.29 is 28.7 Å². The Labute approximate surface area is 162 Å². The molecule has 2 aliphatic rings. The summed E-state index contributed by atoms with van der Waals surface area (Å²) in [6.07, 6.45) is 2.88. The van der Waals surface area contributed by atoms with Crippen LogP contribution in [-0.4, -0.2) is 54.5 Å². The second kappa shape index (κ2) is 8.28. The van der Waals surface area contributed by atoms with Crippen molar-refractivity contribution in [2.24, 2.45) is 0 Å². The predicted molar refractivity (Wildman–Crippen MR) is 98.6 cm³/mol. The second-order valence-corrected chi connectivity index (χ2v) is 6.87. The number of esters is 1. The zero-order valence-corrected chi connectivity index (χ0v) is 15.7. The lowest BCUT2D eigenvalue weighted by atomic mass is 9.98. The number of carbonyl (C=O) groups excluding carboxylic acids is 4. The van der Waals surface area contributed by atoms with Gasteiger partial charge in [-0.25, -0.2) is 4.79 Å². The molecule has 4 amide bonds. The summed E-state index contributed by atoms with van der Waals surface area (Å²) in [5.41, 5.74) is -0.279. The highest BCUT2D eigenvalue weighted by Crippen LogP contribution is 2.35. The maximum atomic E-state index is 12.5. The fraction of sp³-hybridized carbons (Fsp3) is 0.474. The van der Waals surface area contributed by atoms with Crippen molar-refractivity contribution >= 4 is 29.5 Å². The van der Waals surface area contributed by atoms with Crippen LogP contribution in [0.2, 0.25) is 0 Å². The van der Waals surface area contributed by atoms with Crippen molar-refractivity contribution in [1.29, 1.82) is 0 Å². The summed E-state index contributed by atoms with van der Waals surface area (Å²) >= 11 is 0. The average Bonchev–Trinajstić information content (AvgIpc) is 3.24. The fourth-order valence-corrected chi connectivity index (χ4v) is 3.52. The quantitative estimate of drug-likeness (QED) is 0.539. The molecule has 9 heteroatoms. The highest BCUT2D eigenvalue weighted by atomic mass is 16.5. The monoisotopic (exact) mass is 389 g/mol. The number of anilines is 1. The average molecular weight is 389 g/mol. The zero-order chi connectivity index (χ0) is 20.1. The summed E-state index contributed by atoms with van der Waals surface area (Å²) < 4.78 is 9.99. The second-order valence-electron chi connectivity index (χ2n) is 6.87. The number of imide groups is 1. The van der Waals surface area contributed by atoms with E-state index in [-0.39, 0.29) is 18.9 Å². The Morgan fingerprint density at radius 3 is 2.71 bits per heavy atom. The van der Waals surface area contributed by atoms with E-state index in [4.69, 9.17) is 9.47 Å². The summed E-state index contributed by atoms with van der Waals surface area (Å²) in [5.74, 6) is -0.850. The molecule has 9 nitrogen and oxygen atoms in total. The Hall–Kier alpha value is -3.10. The Morgan fingerprint density at radius 1 is 1.25 bits per heavy atom. The number of benzene rings is 1. The molecule has 1 heterocycles. The smallest absolute Gasteiger partial charge is 0.325 e. The molecular formula is C19H23N3O6. The van der Waals surface area contributed by atoms with Gasteiger partial charge < -0.3 is 20.1 Å². The molecule has 1 saturated heterocycles. The van der Waals surface area contributed by atoms with Crippen LogP contribution in [-0.2, 0) is 19.1 Å². The number of hydrogen-bond donors (Lipinski definition) is 2. The van der Waals surface area contributed by atoms with Gasteiger partial charge in [0.1, 0.15) is 11.3 Å². The molecule has 28 heavy (non-hydrogen) atoms. The van der Waals surface area contributed by atoms with E-state index in [9.17, 15) is 19.2 Å². The van der Waals surface area contributed by atoms with Crippen LogP contribution in [0.1, 0.15) is 32.1 Å². The van der Waals surface area contributed by atoms with Crippen molar-refractivity contribution in [3.63, 3.8) is 0 Å². The van der Waals surface area contributed by atoms with Gasteiger partial charge in [0.15, 0.2) is 6.61 Å². The molecule has 0 atom stereocenters. The lowest BCUT2D eigenvalue weighted by molar-refractivity contribution is -0.147. The minimum atomic E-state index is -0.794. The van der Waals surface area contributed by atoms with Crippen LogP contribution < -0.4 is 15.4 Å². The maximum Gasteiger partial charge on any atom is 0.325 e. The minimum absolute atomic E-state index is 0.0667. The van der Waals surface area contributed by atoms with Gasteiger partial charge in [0.05, 0.1) is 13.5 Å². The molecule has 1 aliphatic carbocycles. The van der Waals surface area contributed by atoms with Crippen LogP contribution in [0.25, 0.3) is 0 Å². The van der Waals surface area contributed by atoms with Gasteiger partial charge in [-0.2, -0.15) is 0 Å². The van der Waals surface area contributed by atoms with Gasteiger partial charge in [-0.15, -0.1) is 0 Å². The molecule has 1 spiro atoms. The minimum Gasteiger partial charge on any atom is -0.497 e. The number of amides is 4. The third-order valence-electron chi connectivity index (χ3n) is 4.96. The third kappa shape index (κ3) is 4.24. The number of nitrogens with one attached hydrogen (secondary N) is 2. The largest absolute Gasteiger partial charge is 0.497 e. The van der Waals surface area contributed by atoms with E-state index in [1.807, 2.05) is 0 Å². The summed E-state index contributed by atoms with van der Waals surface area (Å²) in [7, 11) is 1.52. The van der Waals surface area contributed by atoms with E-state index in [0.717, 1.165) is 17.7 Å².